The highest BCUT2D eigenvalue weighted by atomic mass is 14.9. The summed E-state index contributed by atoms with van der Waals surface area (Å²) in [6.45, 7) is 0. The molecular formula is C28H21N2+. The molecule has 0 saturated heterocycles. The van der Waals surface area contributed by atoms with E-state index in [0.29, 0.717) is 0 Å². The quantitative estimate of drug-likeness (QED) is 0.329. The second kappa shape index (κ2) is 8.14. The topological polar surface area (TPSA) is 16.8 Å². The summed E-state index contributed by atoms with van der Waals surface area (Å²) in [6, 6.07) is 36.2. The Balaban J connectivity index is 1.35. The van der Waals surface area contributed by atoms with Crippen molar-refractivity contribution in [1.82, 2.24) is 4.98 Å². The van der Waals surface area contributed by atoms with E-state index in [9.17, 15) is 0 Å². The van der Waals surface area contributed by atoms with Crippen LogP contribution in [0.25, 0.3) is 39.1 Å². The van der Waals surface area contributed by atoms with Crippen molar-refractivity contribution in [2.24, 2.45) is 0 Å². The first kappa shape index (κ1) is 18.0. The Hall–Kier alpha value is -4.04. The molecule has 2 heteroatoms. The van der Waals surface area contributed by atoms with E-state index < -0.39 is 0 Å². The van der Waals surface area contributed by atoms with E-state index in [1.165, 1.54) is 33.4 Å². The van der Waals surface area contributed by atoms with Gasteiger partial charge in [0.25, 0.3) is 0 Å². The monoisotopic (exact) mass is 385 g/mol. The summed E-state index contributed by atoms with van der Waals surface area (Å²) in [5.74, 6) is 0. The van der Waals surface area contributed by atoms with Gasteiger partial charge in [-0.3, -0.25) is 4.98 Å². The maximum atomic E-state index is 4.08. The van der Waals surface area contributed by atoms with Gasteiger partial charge in [0, 0.05) is 36.7 Å². The Bertz CT molecular complexity index is 1120. The summed E-state index contributed by atoms with van der Waals surface area (Å²) in [6.07, 6.45) is 7.84. The van der Waals surface area contributed by atoms with Crippen LogP contribution >= 0.6 is 0 Å². The standard InChI is InChI=1S/C28H21N2/c1-2-4-22(5-3-1)23-6-8-24(9-7-23)25-10-12-28(13-11-25)30-20-16-27(17-21-30)26-14-18-29-19-15-26/h1-21H/q+1. The second-order valence-electron chi connectivity index (χ2n) is 7.22. The summed E-state index contributed by atoms with van der Waals surface area (Å²) >= 11 is 0. The summed E-state index contributed by atoms with van der Waals surface area (Å²) in [5, 5.41) is 0. The fourth-order valence-corrected chi connectivity index (χ4v) is 3.65. The lowest BCUT2D eigenvalue weighted by atomic mass is 10.0. The van der Waals surface area contributed by atoms with E-state index in [4.69, 9.17) is 0 Å². The Morgan fingerprint density at radius 3 is 1.40 bits per heavy atom. The molecule has 30 heavy (non-hydrogen) atoms. The fourth-order valence-electron chi connectivity index (χ4n) is 3.65. The van der Waals surface area contributed by atoms with Crippen LogP contribution in [-0.2, 0) is 0 Å². The van der Waals surface area contributed by atoms with Gasteiger partial charge < -0.3 is 0 Å². The van der Waals surface area contributed by atoms with Crippen molar-refractivity contribution < 1.29 is 4.57 Å². The van der Waals surface area contributed by atoms with Gasteiger partial charge in [-0.15, -0.1) is 0 Å². The molecule has 5 rings (SSSR count). The third kappa shape index (κ3) is 3.76. The number of benzene rings is 3. The lowest BCUT2D eigenvalue weighted by molar-refractivity contribution is -0.595. The summed E-state index contributed by atoms with van der Waals surface area (Å²) in [7, 11) is 0. The number of rotatable bonds is 4. The minimum Gasteiger partial charge on any atom is -0.265 e. The van der Waals surface area contributed by atoms with Crippen molar-refractivity contribution in [1.29, 1.82) is 0 Å². The molecule has 2 aromatic heterocycles. The SMILES string of the molecule is c1ccc(-c2ccc(-c3ccc(-[n+]4ccc(-c5ccncc5)cc4)cc3)cc2)cc1. The molecule has 3 aromatic carbocycles. The van der Waals surface area contributed by atoms with Gasteiger partial charge in [0.05, 0.1) is 0 Å². The fraction of sp³-hybridized carbons (Fsp3) is 0. The molecule has 0 aliphatic carbocycles. The van der Waals surface area contributed by atoms with Crippen LogP contribution in [0, 0.1) is 0 Å². The second-order valence-corrected chi connectivity index (χ2v) is 7.22. The third-order valence-corrected chi connectivity index (χ3v) is 5.33. The van der Waals surface area contributed by atoms with Gasteiger partial charge in [-0.05, 0) is 57.6 Å². The zero-order valence-corrected chi connectivity index (χ0v) is 16.5. The van der Waals surface area contributed by atoms with Crippen molar-refractivity contribution in [2.45, 2.75) is 0 Å². The maximum Gasteiger partial charge on any atom is 0.210 e. The highest BCUT2D eigenvalue weighted by Crippen LogP contribution is 2.25. The molecule has 0 fully saturated rings. The van der Waals surface area contributed by atoms with Crippen LogP contribution in [0.1, 0.15) is 0 Å². The van der Waals surface area contributed by atoms with E-state index in [0.717, 1.165) is 5.69 Å². The highest BCUT2D eigenvalue weighted by Gasteiger charge is 2.08. The van der Waals surface area contributed by atoms with E-state index in [-0.39, 0.29) is 0 Å². The van der Waals surface area contributed by atoms with Crippen molar-refractivity contribution >= 4 is 0 Å². The number of nitrogens with zero attached hydrogens (tertiary/aromatic N) is 2. The van der Waals surface area contributed by atoms with Crippen molar-refractivity contribution in [3.05, 3.63) is 128 Å². The molecule has 142 valence electrons. The Kier molecular flexibility index (Phi) is 4.89. The van der Waals surface area contributed by atoms with Crippen LogP contribution in [0.4, 0.5) is 0 Å². The van der Waals surface area contributed by atoms with E-state index in [1.54, 1.807) is 0 Å². The third-order valence-electron chi connectivity index (χ3n) is 5.33. The van der Waals surface area contributed by atoms with Gasteiger partial charge in [-0.1, -0.05) is 54.6 Å². The molecule has 0 aliphatic rings. The Labute approximate surface area is 176 Å². The first-order valence-electron chi connectivity index (χ1n) is 10.0. The summed E-state index contributed by atoms with van der Waals surface area (Å²) < 4.78 is 2.13. The molecule has 0 N–H and O–H groups in total. The van der Waals surface area contributed by atoms with Gasteiger partial charge in [-0.25, -0.2) is 0 Å². The van der Waals surface area contributed by atoms with Crippen LogP contribution in [0.5, 0.6) is 0 Å². The van der Waals surface area contributed by atoms with Crippen LogP contribution < -0.4 is 4.57 Å². The zero-order valence-electron chi connectivity index (χ0n) is 16.5. The summed E-state index contributed by atoms with van der Waals surface area (Å²) in [5.41, 5.74) is 8.41. The molecule has 0 bridgehead atoms. The van der Waals surface area contributed by atoms with Gasteiger partial charge in [0.1, 0.15) is 0 Å². The molecule has 0 saturated carbocycles. The lowest BCUT2D eigenvalue weighted by Gasteiger charge is -2.05. The smallest absolute Gasteiger partial charge is 0.210 e. The lowest BCUT2D eigenvalue weighted by Crippen LogP contribution is -2.28. The minimum absolute atomic E-state index is 1.14. The molecule has 0 amide bonds. The molecule has 2 heterocycles. The van der Waals surface area contributed by atoms with Gasteiger partial charge in [0.2, 0.25) is 5.69 Å². The average Bonchev–Trinajstić information content (AvgIpc) is 2.85. The van der Waals surface area contributed by atoms with E-state index in [2.05, 4.69) is 107 Å². The molecule has 2 nitrogen and oxygen atoms in total. The van der Waals surface area contributed by atoms with E-state index >= 15 is 0 Å². The number of pyridine rings is 2. The minimum atomic E-state index is 1.14. The Morgan fingerprint density at radius 1 is 0.400 bits per heavy atom. The van der Waals surface area contributed by atoms with E-state index in [1.807, 2.05) is 30.6 Å². The number of aromatic nitrogens is 2. The zero-order chi connectivity index (χ0) is 20.2. The molecule has 0 radical (unpaired) electrons. The van der Waals surface area contributed by atoms with Crippen LogP contribution in [0.15, 0.2) is 128 Å². The Morgan fingerprint density at radius 2 is 0.833 bits per heavy atom. The van der Waals surface area contributed by atoms with Gasteiger partial charge >= 0.3 is 0 Å². The predicted octanol–water partition coefficient (Wildman–Crippen LogP) is 6.36. The molecule has 0 aliphatic heterocycles. The van der Waals surface area contributed by atoms with Crippen LogP contribution in [-0.4, -0.2) is 4.98 Å². The van der Waals surface area contributed by atoms with Crippen molar-refractivity contribution in [2.75, 3.05) is 0 Å². The summed E-state index contributed by atoms with van der Waals surface area (Å²) in [4.78, 5) is 4.08. The molecule has 0 spiro atoms. The van der Waals surface area contributed by atoms with Gasteiger partial charge in [0.15, 0.2) is 12.4 Å². The number of hydrogen-bond acceptors (Lipinski definition) is 1. The first-order chi connectivity index (χ1) is 14.9. The maximum absolute atomic E-state index is 4.08. The van der Waals surface area contributed by atoms with Crippen LogP contribution in [0.2, 0.25) is 0 Å². The largest absolute Gasteiger partial charge is 0.265 e. The van der Waals surface area contributed by atoms with Crippen molar-refractivity contribution in [3.63, 3.8) is 0 Å². The molecule has 0 unspecified atom stereocenters. The average molecular weight is 385 g/mol. The van der Waals surface area contributed by atoms with Crippen LogP contribution in [0.3, 0.4) is 0 Å². The molecule has 0 atom stereocenters. The highest BCUT2D eigenvalue weighted by molar-refractivity contribution is 5.70. The predicted molar refractivity (Wildman–Crippen MR) is 122 cm³/mol. The number of hydrogen-bond donors (Lipinski definition) is 0. The molecule has 5 aromatic rings. The van der Waals surface area contributed by atoms with Crippen molar-refractivity contribution in [3.8, 4) is 39.1 Å². The molecular weight excluding hydrogens is 364 g/mol. The van der Waals surface area contributed by atoms with Gasteiger partial charge in [-0.2, -0.15) is 4.57 Å². The normalized spacial score (nSPS) is 10.7. The first-order valence-corrected chi connectivity index (χ1v) is 10.0.